The van der Waals surface area contributed by atoms with Crippen LogP contribution in [0, 0.1) is 0 Å². The highest BCUT2D eigenvalue weighted by atomic mass is 16.5. The monoisotopic (exact) mass is 140 g/mol. The van der Waals surface area contributed by atoms with Crippen LogP contribution in [0.5, 0.6) is 0 Å². The molecular weight excluding hydrogens is 124 g/mol. The Morgan fingerprint density at radius 2 is 1.70 bits per heavy atom. The zero-order valence-corrected chi connectivity index (χ0v) is 7.27. The van der Waals surface area contributed by atoms with Crippen LogP contribution < -0.4 is 0 Å². The standard InChI is InChI=1S/C9H16O/c1-8(2)5-6-10-7-9(3)4/h5,7H,6H2,1-4H3. The van der Waals surface area contributed by atoms with E-state index in [0.29, 0.717) is 6.61 Å². The smallest absolute Gasteiger partial charge is 0.106 e. The summed E-state index contributed by atoms with van der Waals surface area (Å²) in [6, 6.07) is 0. The van der Waals surface area contributed by atoms with E-state index in [-0.39, 0.29) is 0 Å². The SMILES string of the molecule is CC(C)=CCOC=C(C)C. The predicted molar refractivity (Wildman–Crippen MR) is 44.8 cm³/mol. The summed E-state index contributed by atoms with van der Waals surface area (Å²) < 4.78 is 5.17. The maximum atomic E-state index is 5.17. The van der Waals surface area contributed by atoms with E-state index < -0.39 is 0 Å². The summed E-state index contributed by atoms with van der Waals surface area (Å²) >= 11 is 0. The molecule has 0 unspecified atom stereocenters. The van der Waals surface area contributed by atoms with E-state index in [9.17, 15) is 0 Å². The molecule has 0 radical (unpaired) electrons. The second kappa shape index (κ2) is 5.10. The summed E-state index contributed by atoms with van der Waals surface area (Å²) in [6.07, 6.45) is 3.83. The maximum Gasteiger partial charge on any atom is 0.106 e. The summed E-state index contributed by atoms with van der Waals surface area (Å²) in [5.41, 5.74) is 2.49. The van der Waals surface area contributed by atoms with E-state index in [1.165, 1.54) is 11.1 Å². The second-order valence-electron chi connectivity index (χ2n) is 2.81. The summed E-state index contributed by atoms with van der Waals surface area (Å²) in [7, 11) is 0. The molecule has 1 nitrogen and oxygen atoms in total. The van der Waals surface area contributed by atoms with Crippen molar-refractivity contribution in [2.75, 3.05) is 6.61 Å². The quantitative estimate of drug-likeness (QED) is 0.333. The maximum absolute atomic E-state index is 5.17. The van der Waals surface area contributed by atoms with Gasteiger partial charge in [-0.2, -0.15) is 0 Å². The van der Waals surface area contributed by atoms with Gasteiger partial charge in [-0.25, -0.2) is 0 Å². The normalized spacial score (nSPS) is 8.40. The van der Waals surface area contributed by atoms with Crippen LogP contribution in [0.15, 0.2) is 23.5 Å². The van der Waals surface area contributed by atoms with Gasteiger partial charge in [0.15, 0.2) is 0 Å². The van der Waals surface area contributed by atoms with Crippen LogP contribution in [0.1, 0.15) is 27.7 Å². The first kappa shape index (κ1) is 9.28. The highest BCUT2D eigenvalue weighted by molar-refractivity contribution is 4.94. The van der Waals surface area contributed by atoms with Crippen molar-refractivity contribution in [1.82, 2.24) is 0 Å². The molecule has 0 aliphatic heterocycles. The van der Waals surface area contributed by atoms with Crippen LogP contribution in [-0.4, -0.2) is 6.61 Å². The molecule has 0 aliphatic rings. The highest BCUT2D eigenvalue weighted by Crippen LogP contribution is 1.92. The summed E-state index contributed by atoms with van der Waals surface area (Å²) in [6.45, 7) is 8.84. The third-order valence-electron chi connectivity index (χ3n) is 0.907. The van der Waals surface area contributed by atoms with Gasteiger partial charge in [0.2, 0.25) is 0 Å². The Kier molecular flexibility index (Phi) is 4.73. The van der Waals surface area contributed by atoms with E-state index in [2.05, 4.69) is 19.9 Å². The van der Waals surface area contributed by atoms with Crippen LogP contribution in [0.4, 0.5) is 0 Å². The first-order valence-electron chi connectivity index (χ1n) is 3.51. The first-order chi connectivity index (χ1) is 4.63. The number of hydrogen-bond acceptors (Lipinski definition) is 1. The van der Waals surface area contributed by atoms with Gasteiger partial charge in [0.25, 0.3) is 0 Å². The van der Waals surface area contributed by atoms with Crippen molar-refractivity contribution in [1.29, 1.82) is 0 Å². The first-order valence-corrected chi connectivity index (χ1v) is 3.51. The molecule has 0 rings (SSSR count). The van der Waals surface area contributed by atoms with E-state index in [1.807, 2.05) is 13.8 Å². The Labute approximate surface area is 63.4 Å². The van der Waals surface area contributed by atoms with Crippen LogP contribution in [0.3, 0.4) is 0 Å². The number of allylic oxidation sites excluding steroid dienone is 2. The molecule has 0 heterocycles. The van der Waals surface area contributed by atoms with Crippen molar-refractivity contribution >= 4 is 0 Å². The average Bonchev–Trinajstić information content (AvgIpc) is 1.79. The van der Waals surface area contributed by atoms with Crippen molar-refractivity contribution in [2.45, 2.75) is 27.7 Å². The van der Waals surface area contributed by atoms with E-state index >= 15 is 0 Å². The third kappa shape index (κ3) is 7.28. The van der Waals surface area contributed by atoms with E-state index in [1.54, 1.807) is 6.26 Å². The summed E-state index contributed by atoms with van der Waals surface area (Å²) in [5, 5.41) is 0. The fourth-order valence-electron chi connectivity index (χ4n) is 0.430. The van der Waals surface area contributed by atoms with Gasteiger partial charge in [0.1, 0.15) is 6.61 Å². The van der Waals surface area contributed by atoms with Crippen LogP contribution in [0.2, 0.25) is 0 Å². The Balaban J connectivity index is 3.39. The van der Waals surface area contributed by atoms with Gasteiger partial charge in [-0.1, -0.05) is 5.57 Å². The van der Waals surface area contributed by atoms with Gasteiger partial charge in [-0.05, 0) is 39.3 Å². The largest absolute Gasteiger partial charge is 0.497 e. The zero-order chi connectivity index (χ0) is 7.98. The van der Waals surface area contributed by atoms with Gasteiger partial charge in [0, 0.05) is 0 Å². The number of ether oxygens (including phenoxy) is 1. The lowest BCUT2D eigenvalue weighted by molar-refractivity contribution is 0.285. The topological polar surface area (TPSA) is 9.23 Å². The molecule has 0 N–H and O–H groups in total. The number of hydrogen-bond donors (Lipinski definition) is 0. The molecule has 0 saturated carbocycles. The molecule has 58 valence electrons. The third-order valence-corrected chi connectivity index (χ3v) is 0.907. The molecular formula is C9H16O. The van der Waals surface area contributed by atoms with Crippen molar-refractivity contribution < 1.29 is 4.74 Å². The molecule has 0 saturated heterocycles. The Morgan fingerprint density at radius 1 is 1.10 bits per heavy atom. The van der Waals surface area contributed by atoms with E-state index in [0.717, 1.165) is 0 Å². The minimum Gasteiger partial charge on any atom is -0.497 e. The molecule has 0 fully saturated rings. The highest BCUT2D eigenvalue weighted by Gasteiger charge is 1.78. The molecule has 0 aromatic carbocycles. The van der Waals surface area contributed by atoms with Crippen molar-refractivity contribution in [3.05, 3.63) is 23.5 Å². The van der Waals surface area contributed by atoms with Gasteiger partial charge < -0.3 is 4.74 Å². The zero-order valence-electron chi connectivity index (χ0n) is 7.27. The van der Waals surface area contributed by atoms with E-state index in [4.69, 9.17) is 4.74 Å². The lowest BCUT2D eigenvalue weighted by Gasteiger charge is -1.95. The molecule has 10 heavy (non-hydrogen) atoms. The fraction of sp³-hybridized carbons (Fsp3) is 0.556. The lowest BCUT2D eigenvalue weighted by atomic mass is 10.3. The van der Waals surface area contributed by atoms with Gasteiger partial charge in [-0.15, -0.1) is 0 Å². The predicted octanol–water partition coefficient (Wildman–Crippen LogP) is 2.89. The molecule has 0 atom stereocenters. The Bertz CT molecular complexity index is 117. The molecule has 0 amide bonds. The molecule has 1 heteroatoms. The van der Waals surface area contributed by atoms with Crippen molar-refractivity contribution in [3.63, 3.8) is 0 Å². The Morgan fingerprint density at radius 3 is 2.10 bits per heavy atom. The minimum absolute atomic E-state index is 0.688. The van der Waals surface area contributed by atoms with Gasteiger partial charge in [0.05, 0.1) is 6.26 Å². The molecule has 0 bridgehead atoms. The Hall–Kier alpha value is -0.720. The van der Waals surface area contributed by atoms with Crippen LogP contribution in [0.25, 0.3) is 0 Å². The second-order valence-corrected chi connectivity index (χ2v) is 2.81. The van der Waals surface area contributed by atoms with Crippen LogP contribution >= 0.6 is 0 Å². The fourth-order valence-corrected chi connectivity index (χ4v) is 0.430. The number of rotatable bonds is 3. The van der Waals surface area contributed by atoms with Gasteiger partial charge in [-0.3, -0.25) is 0 Å². The lowest BCUT2D eigenvalue weighted by Crippen LogP contribution is -1.82. The molecule has 0 aliphatic carbocycles. The summed E-state index contributed by atoms with van der Waals surface area (Å²) in [5.74, 6) is 0. The average molecular weight is 140 g/mol. The van der Waals surface area contributed by atoms with Crippen molar-refractivity contribution in [2.24, 2.45) is 0 Å². The molecule has 0 aromatic heterocycles. The molecule has 0 spiro atoms. The summed E-state index contributed by atoms with van der Waals surface area (Å²) in [4.78, 5) is 0. The minimum atomic E-state index is 0.688. The van der Waals surface area contributed by atoms with Gasteiger partial charge >= 0.3 is 0 Å². The van der Waals surface area contributed by atoms with Crippen molar-refractivity contribution in [3.8, 4) is 0 Å². The van der Waals surface area contributed by atoms with Crippen LogP contribution in [-0.2, 0) is 4.74 Å². The molecule has 0 aromatic rings.